The molecule has 2 fully saturated rings. The van der Waals surface area contributed by atoms with Crippen molar-refractivity contribution in [3.05, 3.63) is 59.7 Å². The first kappa shape index (κ1) is 18.2. The number of amides is 3. The van der Waals surface area contributed by atoms with Gasteiger partial charge in [-0.15, -0.1) is 0 Å². The summed E-state index contributed by atoms with van der Waals surface area (Å²) in [6.07, 6.45) is 3.00. The molecule has 2 aliphatic rings. The average Bonchev–Trinajstić information content (AvgIpc) is 3.61. The summed E-state index contributed by atoms with van der Waals surface area (Å²) in [5, 5.41) is 8.62. The van der Waals surface area contributed by atoms with Gasteiger partial charge in [0.15, 0.2) is 0 Å². The van der Waals surface area contributed by atoms with Crippen molar-refractivity contribution < 1.29 is 14.4 Å². The Morgan fingerprint density at radius 2 is 1.57 bits per heavy atom. The van der Waals surface area contributed by atoms with Crippen LogP contribution >= 0.6 is 0 Å². The van der Waals surface area contributed by atoms with Crippen molar-refractivity contribution in [2.45, 2.75) is 32.2 Å². The van der Waals surface area contributed by atoms with Crippen molar-refractivity contribution in [3.63, 3.8) is 0 Å². The van der Waals surface area contributed by atoms with Crippen molar-refractivity contribution >= 4 is 29.1 Å². The second-order valence-electron chi connectivity index (χ2n) is 7.67. The molecule has 2 saturated carbocycles. The molecular formula is C22H23N3O3. The summed E-state index contributed by atoms with van der Waals surface area (Å²) >= 11 is 0. The fourth-order valence-corrected chi connectivity index (χ4v) is 3.07. The Balaban J connectivity index is 1.37. The van der Waals surface area contributed by atoms with Gasteiger partial charge in [-0.3, -0.25) is 14.4 Å². The molecule has 2 unspecified atom stereocenters. The zero-order valence-corrected chi connectivity index (χ0v) is 15.7. The van der Waals surface area contributed by atoms with E-state index >= 15 is 0 Å². The van der Waals surface area contributed by atoms with Gasteiger partial charge in [-0.05, 0) is 67.6 Å². The second-order valence-corrected chi connectivity index (χ2v) is 7.67. The molecule has 0 radical (unpaired) electrons. The first-order valence-electron chi connectivity index (χ1n) is 9.63. The first-order valence-corrected chi connectivity index (χ1v) is 9.63. The van der Waals surface area contributed by atoms with Crippen LogP contribution in [-0.4, -0.2) is 23.8 Å². The summed E-state index contributed by atoms with van der Waals surface area (Å²) in [5.74, 6) is 0.152. The van der Waals surface area contributed by atoms with E-state index in [1.54, 1.807) is 48.5 Å². The molecule has 3 amide bonds. The number of anilines is 2. The van der Waals surface area contributed by atoms with E-state index in [-0.39, 0.29) is 23.6 Å². The number of hydrogen-bond acceptors (Lipinski definition) is 3. The average molecular weight is 377 g/mol. The lowest BCUT2D eigenvalue weighted by Gasteiger charge is -2.09. The monoisotopic (exact) mass is 377 g/mol. The predicted molar refractivity (Wildman–Crippen MR) is 107 cm³/mol. The molecule has 144 valence electrons. The summed E-state index contributed by atoms with van der Waals surface area (Å²) in [6.45, 7) is 2.05. The van der Waals surface area contributed by atoms with Crippen molar-refractivity contribution in [3.8, 4) is 0 Å². The van der Waals surface area contributed by atoms with Crippen LogP contribution in [0.4, 0.5) is 11.4 Å². The van der Waals surface area contributed by atoms with Gasteiger partial charge in [0, 0.05) is 34.5 Å². The van der Waals surface area contributed by atoms with Crippen LogP contribution in [0.15, 0.2) is 48.5 Å². The molecule has 6 heteroatoms. The van der Waals surface area contributed by atoms with E-state index in [1.165, 1.54) is 0 Å². The Bertz CT molecular complexity index is 919. The second kappa shape index (κ2) is 7.46. The number of hydrogen-bond donors (Lipinski definition) is 3. The van der Waals surface area contributed by atoms with Gasteiger partial charge in [-0.1, -0.05) is 13.0 Å². The summed E-state index contributed by atoms with van der Waals surface area (Å²) < 4.78 is 0. The summed E-state index contributed by atoms with van der Waals surface area (Å²) in [5.41, 5.74) is 2.25. The molecule has 0 bridgehead atoms. The third-order valence-electron chi connectivity index (χ3n) is 5.16. The van der Waals surface area contributed by atoms with Crippen LogP contribution in [0.5, 0.6) is 0 Å². The maximum absolute atomic E-state index is 12.5. The lowest BCUT2D eigenvalue weighted by molar-refractivity contribution is -0.117. The molecular weight excluding hydrogens is 354 g/mol. The van der Waals surface area contributed by atoms with Crippen LogP contribution in [-0.2, 0) is 4.79 Å². The fraction of sp³-hybridized carbons (Fsp3) is 0.318. The molecule has 28 heavy (non-hydrogen) atoms. The van der Waals surface area contributed by atoms with Gasteiger partial charge in [-0.25, -0.2) is 0 Å². The molecule has 0 aliphatic heterocycles. The zero-order valence-electron chi connectivity index (χ0n) is 15.7. The molecule has 0 heterocycles. The van der Waals surface area contributed by atoms with E-state index < -0.39 is 0 Å². The highest BCUT2D eigenvalue weighted by atomic mass is 16.2. The van der Waals surface area contributed by atoms with E-state index in [9.17, 15) is 14.4 Å². The van der Waals surface area contributed by atoms with Crippen LogP contribution in [0.25, 0.3) is 0 Å². The van der Waals surface area contributed by atoms with Crippen molar-refractivity contribution in [2.24, 2.45) is 11.8 Å². The quantitative estimate of drug-likeness (QED) is 0.721. The van der Waals surface area contributed by atoms with Gasteiger partial charge in [0.05, 0.1) is 0 Å². The molecule has 0 spiro atoms. The normalized spacial score (nSPS) is 20.2. The molecule has 4 rings (SSSR count). The SMILES string of the molecule is CC1CC1C(=O)Nc1cccc(C(=O)Nc2ccc(C(=O)NC3CC3)cc2)c1. The number of rotatable bonds is 6. The number of nitrogens with one attached hydrogen (secondary N) is 3. The van der Waals surface area contributed by atoms with Gasteiger partial charge >= 0.3 is 0 Å². The van der Waals surface area contributed by atoms with Crippen LogP contribution in [0.1, 0.15) is 46.9 Å². The minimum Gasteiger partial charge on any atom is -0.349 e. The van der Waals surface area contributed by atoms with Crippen molar-refractivity contribution in [2.75, 3.05) is 10.6 Å². The topological polar surface area (TPSA) is 87.3 Å². The number of carbonyl (C=O) groups is 3. The highest BCUT2D eigenvalue weighted by molar-refractivity contribution is 6.05. The van der Waals surface area contributed by atoms with Crippen LogP contribution < -0.4 is 16.0 Å². The van der Waals surface area contributed by atoms with E-state index in [1.807, 2.05) is 0 Å². The number of carbonyl (C=O) groups excluding carboxylic acids is 3. The van der Waals surface area contributed by atoms with Gasteiger partial charge in [-0.2, -0.15) is 0 Å². The molecule has 3 N–H and O–H groups in total. The zero-order chi connectivity index (χ0) is 19.7. The molecule has 6 nitrogen and oxygen atoms in total. The van der Waals surface area contributed by atoms with Crippen molar-refractivity contribution in [1.29, 1.82) is 0 Å². The highest BCUT2D eigenvalue weighted by Crippen LogP contribution is 2.38. The Hall–Kier alpha value is -3.15. The number of benzene rings is 2. The third kappa shape index (κ3) is 4.39. The van der Waals surface area contributed by atoms with Crippen LogP contribution in [0, 0.1) is 11.8 Å². The van der Waals surface area contributed by atoms with Gasteiger partial charge < -0.3 is 16.0 Å². The van der Waals surface area contributed by atoms with Gasteiger partial charge in [0.2, 0.25) is 5.91 Å². The Morgan fingerprint density at radius 1 is 0.857 bits per heavy atom. The summed E-state index contributed by atoms with van der Waals surface area (Å²) in [6, 6.07) is 14.0. The molecule has 2 atom stereocenters. The predicted octanol–water partition coefficient (Wildman–Crippen LogP) is 3.43. The van der Waals surface area contributed by atoms with Crippen LogP contribution in [0.2, 0.25) is 0 Å². The Labute approximate surface area is 163 Å². The van der Waals surface area contributed by atoms with E-state index in [4.69, 9.17) is 0 Å². The molecule has 2 aromatic rings. The molecule has 0 aromatic heterocycles. The fourth-order valence-electron chi connectivity index (χ4n) is 3.07. The molecule has 2 aliphatic carbocycles. The minimum atomic E-state index is -0.272. The summed E-state index contributed by atoms with van der Waals surface area (Å²) in [7, 11) is 0. The lowest BCUT2D eigenvalue weighted by Crippen LogP contribution is -2.25. The Kier molecular flexibility index (Phi) is 4.86. The van der Waals surface area contributed by atoms with E-state index in [0.717, 1.165) is 19.3 Å². The Morgan fingerprint density at radius 3 is 2.21 bits per heavy atom. The van der Waals surface area contributed by atoms with Gasteiger partial charge in [0.25, 0.3) is 11.8 Å². The van der Waals surface area contributed by atoms with Gasteiger partial charge in [0.1, 0.15) is 0 Å². The smallest absolute Gasteiger partial charge is 0.255 e. The van der Waals surface area contributed by atoms with Crippen molar-refractivity contribution in [1.82, 2.24) is 5.32 Å². The largest absolute Gasteiger partial charge is 0.349 e. The minimum absolute atomic E-state index is 0.00474. The van der Waals surface area contributed by atoms with Crippen LogP contribution in [0.3, 0.4) is 0 Å². The lowest BCUT2D eigenvalue weighted by atomic mass is 10.1. The maximum atomic E-state index is 12.5. The maximum Gasteiger partial charge on any atom is 0.255 e. The molecule has 2 aromatic carbocycles. The van der Waals surface area contributed by atoms with E-state index in [0.29, 0.717) is 34.5 Å². The molecule has 0 saturated heterocycles. The van der Waals surface area contributed by atoms with E-state index in [2.05, 4.69) is 22.9 Å². The first-order chi connectivity index (χ1) is 13.5. The summed E-state index contributed by atoms with van der Waals surface area (Å²) in [4.78, 5) is 36.6. The highest BCUT2D eigenvalue weighted by Gasteiger charge is 2.39. The third-order valence-corrected chi connectivity index (χ3v) is 5.16. The standard InChI is InChI=1S/C22H23N3O3/c1-13-11-19(13)22(28)25-18-4-2-3-15(12-18)21(27)24-16-7-5-14(6-8-16)20(26)23-17-9-10-17/h2-8,12-13,17,19H,9-11H2,1H3,(H,23,26)(H,24,27)(H,25,28).